The molecule has 10 nitrogen and oxygen atoms in total. The zero-order valence-electron chi connectivity index (χ0n) is 20.6. The lowest BCUT2D eigenvalue weighted by atomic mass is 10.0. The molecule has 0 radical (unpaired) electrons. The number of pyridine rings is 1. The van der Waals surface area contributed by atoms with Crippen LogP contribution in [0, 0.1) is 0 Å². The lowest BCUT2D eigenvalue weighted by Gasteiger charge is -2.40. The maximum absolute atomic E-state index is 13.5. The Morgan fingerprint density at radius 3 is 2.57 bits per heavy atom. The summed E-state index contributed by atoms with van der Waals surface area (Å²) in [5, 5.41) is 5.90. The molecule has 1 aliphatic heterocycles. The number of ether oxygens (including phenoxy) is 2. The predicted molar refractivity (Wildman–Crippen MR) is 133 cm³/mol. The van der Waals surface area contributed by atoms with Crippen LogP contribution < -0.4 is 10.6 Å². The van der Waals surface area contributed by atoms with Gasteiger partial charge in [-0.25, -0.2) is 4.98 Å². The van der Waals surface area contributed by atoms with Crippen LogP contribution in [0.2, 0.25) is 0 Å². The van der Waals surface area contributed by atoms with Crippen molar-refractivity contribution in [3.8, 4) is 11.4 Å². The molecule has 0 unspecified atom stereocenters. The molecular weight excluding hydrogens is 448 g/mol. The lowest BCUT2D eigenvalue weighted by molar-refractivity contribution is -0.119. The van der Waals surface area contributed by atoms with E-state index in [1.54, 1.807) is 24.5 Å². The summed E-state index contributed by atoms with van der Waals surface area (Å²) in [6.07, 6.45) is 3.40. The first-order chi connectivity index (χ1) is 16.8. The number of nitrogens with one attached hydrogen (secondary N) is 2. The third kappa shape index (κ3) is 5.50. The molecular formula is C25H32N6O4. The van der Waals surface area contributed by atoms with Crippen molar-refractivity contribution in [3.63, 3.8) is 0 Å². The van der Waals surface area contributed by atoms with Crippen LogP contribution in [0.25, 0.3) is 22.4 Å². The number of anilines is 1. The predicted octanol–water partition coefficient (Wildman–Crippen LogP) is 2.06. The van der Waals surface area contributed by atoms with Crippen LogP contribution in [0.15, 0.2) is 36.7 Å². The lowest BCUT2D eigenvalue weighted by Crippen LogP contribution is -2.55. The molecule has 4 rings (SSSR count). The van der Waals surface area contributed by atoms with Crippen LogP contribution in [0.1, 0.15) is 24.2 Å². The second-order valence-corrected chi connectivity index (χ2v) is 9.20. The average molecular weight is 481 g/mol. The Kier molecular flexibility index (Phi) is 7.44. The Hall–Kier alpha value is -3.34. The zero-order valence-corrected chi connectivity index (χ0v) is 20.6. The number of aryl methyl sites for hydroxylation is 1. The van der Waals surface area contributed by atoms with E-state index >= 15 is 0 Å². The number of nitrogens with zero attached hydrogens (tertiary/aromatic N) is 4. The molecule has 0 aliphatic carbocycles. The van der Waals surface area contributed by atoms with E-state index in [4.69, 9.17) is 14.5 Å². The number of morpholine rings is 1. The van der Waals surface area contributed by atoms with E-state index in [1.165, 1.54) is 7.11 Å². The van der Waals surface area contributed by atoms with Gasteiger partial charge >= 0.3 is 0 Å². The number of imidazole rings is 1. The fourth-order valence-electron chi connectivity index (χ4n) is 4.36. The number of rotatable bonds is 8. The fourth-order valence-corrected chi connectivity index (χ4v) is 4.36. The average Bonchev–Trinajstić information content (AvgIpc) is 3.19. The number of carbonyl (C=O) groups is 2. The summed E-state index contributed by atoms with van der Waals surface area (Å²) in [7, 11) is 3.33. The first kappa shape index (κ1) is 24.8. The smallest absolute Gasteiger partial charge is 0.253 e. The van der Waals surface area contributed by atoms with Crippen molar-refractivity contribution in [3.05, 3.63) is 42.2 Å². The Bertz CT molecular complexity index is 1200. The van der Waals surface area contributed by atoms with Gasteiger partial charge in [0.15, 0.2) is 0 Å². The topological polar surface area (TPSA) is 111 Å². The molecule has 0 saturated carbocycles. The van der Waals surface area contributed by atoms with Crippen molar-refractivity contribution in [2.24, 2.45) is 7.05 Å². The first-order valence-electron chi connectivity index (χ1n) is 11.6. The Labute approximate surface area is 204 Å². The van der Waals surface area contributed by atoms with E-state index in [1.807, 2.05) is 23.7 Å². The molecule has 3 heterocycles. The minimum absolute atomic E-state index is 0.0855. The highest BCUT2D eigenvalue weighted by Gasteiger charge is 2.29. The van der Waals surface area contributed by atoms with E-state index in [0.717, 1.165) is 18.7 Å². The summed E-state index contributed by atoms with van der Waals surface area (Å²) in [5.41, 5.74) is 2.84. The van der Waals surface area contributed by atoms with Crippen LogP contribution in [-0.2, 0) is 21.3 Å². The normalized spacial score (nSPS) is 14.7. The Morgan fingerprint density at radius 2 is 1.89 bits per heavy atom. The molecule has 10 heteroatoms. The molecule has 0 bridgehead atoms. The highest BCUT2D eigenvalue weighted by molar-refractivity contribution is 6.08. The van der Waals surface area contributed by atoms with Gasteiger partial charge in [0, 0.05) is 63.0 Å². The Morgan fingerprint density at radius 1 is 1.17 bits per heavy atom. The SMILES string of the molecule is COCC(=O)Nc1cc(C(=O)NCC(C)(C)N2CCOCC2)c2c(c1)nc(-c1ccncc1)n2C. The molecule has 1 aliphatic rings. The molecule has 186 valence electrons. The minimum Gasteiger partial charge on any atom is -0.379 e. The molecule has 2 N–H and O–H groups in total. The van der Waals surface area contributed by atoms with Gasteiger partial charge in [0.25, 0.3) is 5.91 Å². The molecule has 1 saturated heterocycles. The highest BCUT2D eigenvalue weighted by Crippen LogP contribution is 2.29. The van der Waals surface area contributed by atoms with Crippen molar-refractivity contribution < 1.29 is 19.1 Å². The highest BCUT2D eigenvalue weighted by atomic mass is 16.5. The van der Waals surface area contributed by atoms with E-state index in [9.17, 15) is 9.59 Å². The first-order valence-corrected chi connectivity index (χ1v) is 11.6. The quantitative estimate of drug-likeness (QED) is 0.508. The molecule has 2 aromatic heterocycles. The van der Waals surface area contributed by atoms with Gasteiger partial charge in [0.05, 0.1) is 29.8 Å². The Balaban J connectivity index is 1.68. The van der Waals surface area contributed by atoms with Gasteiger partial charge in [0.2, 0.25) is 5.91 Å². The van der Waals surface area contributed by atoms with E-state index in [-0.39, 0.29) is 24.0 Å². The third-order valence-corrected chi connectivity index (χ3v) is 6.26. The van der Waals surface area contributed by atoms with Crippen LogP contribution in [0.3, 0.4) is 0 Å². The molecule has 3 aromatic rings. The molecule has 35 heavy (non-hydrogen) atoms. The van der Waals surface area contributed by atoms with Crippen LogP contribution in [0.4, 0.5) is 5.69 Å². The number of fused-ring (bicyclic) bond motifs is 1. The van der Waals surface area contributed by atoms with Gasteiger partial charge in [-0.3, -0.25) is 19.5 Å². The van der Waals surface area contributed by atoms with Gasteiger partial charge in [0.1, 0.15) is 12.4 Å². The summed E-state index contributed by atoms with van der Waals surface area (Å²) in [6, 6.07) is 7.19. The van der Waals surface area contributed by atoms with Gasteiger partial charge in [-0.1, -0.05) is 0 Å². The second kappa shape index (κ2) is 10.5. The summed E-state index contributed by atoms with van der Waals surface area (Å²) < 4.78 is 12.3. The monoisotopic (exact) mass is 480 g/mol. The number of aromatic nitrogens is 3. The number of hydrogen-bond donors (Lipinski definition) is 2. The number of methoxy groups -OCH3 is 1. The zero-order chi connectivity index (χ0) is 25.0. The van der Waals surface area contributed by atoms with Crippen molar-refractivity contribution in [1.29, 1.82) is 0 Å². The molecule has 2 amide bonds. The maximum atomic E-state index is 13.5. The fraction of sp³-hybridized carbons (Fsp3) is 0.440. The standard InChI is InChI=1S/C25H32N6O4/c1-25(2,31-9-11-35-12-10-31)16-27-24(33)19-13-18(28-21(32)15-34-4)14-20-22(19)30(3)23(29-20)17-5-7-26-8-6-17/h5-8,13-14H,9-12,15-16H2,1-4H3,(H,27,33)(H,28,32). The number of hydrogen-bond acceptors (Lipinski definition) is 7. The van der Waals surface area contributed by atoms with Gasteiger partial charge in [-0.2, -0.15) is 0 Å². The van der Waals surface area contributed by atoms with Crippen molar-refractivity contribution in [2.45, 2.75) is 19.4 Å². The van der Waals surface area contributed by atoms with Crippen LogP contribution in [-0.4, -0.2) is 83.4 Å². The maximum Gasteiger partial charge on any atom is 0.253 e. The third-order valence-electron chi connectivity index (χ3n) is 6.26. The molecule has 1 fully saturated rings. The molecule has 1 aromatic carbocycles. The van der Waals surface area contributed by atoms with Gasteiger partial charge < -0.3 is 24.7 Å². The molecule has 0 atom stereocenters. The van der Waals surface area contributed by atoms with E-state index in [2.05, 4.69) is 34.4 Å². The van der Waals surface area contributed by atoms with Crippen molar-refractivity contribution in [1.82, 2.24) is 24.8 Å². The summed E-state index contributed by atoms with van der Waals surface area (Å²) in [5.74, 6) is 0.158. The largest absolute Gasteiger partial charge is 0.379 e. The summed E-state index contributed by atoms with van der Waals surface area (Å²) >= 11 is 0. The number of benzene rings is 1. The molecule has 0 spiro atoms. The van der Waals surface area contributed by atoms with Crippen molar-refractivity contribution >= 4 is 28.5 Å². The van der Waals surface area contributed by atoms with Crippen LogP contribution >= 0.6 is 0 Å². The van der Waals surface area contributed by atoms with E-state index < -0.39 is 0 Å². The van der Waals surface area contributed by atoms with E-state index in [0.29, 0.717) is 47.9 Å². The summed E-state index contributed by atoms with van der Waals surface area (Å²) in [4.78, 5) is 36.8. The number of carbonyl (C=O) groups excluding carboxylic acids is 2. The van der Waals surface area contributed by atoms with Crippen LogP contribution in [0.5, 0.6) is 0 Å². The van der Waals surface area contributed by atoms with Gasteiger partial charge in [-0.05, 0) is 38.1 Å². The second-order valence-electron chi connectivity index (χ2n) is 9.20. The summed E-state index contributed by atoms with van der Waals surface area (Å²) in [6.45, 7) is 7.63. The minimum atomic E-state index is -0.308. The van der Waals surface area contributed by atoms with Gasteiger partial charge in [-0.15, -0.1) is 0 Å². The number of amides is 2. The van der Waals surface area contributed by atoms with Crippen molar-refractivity contribution in [2.75, 3.05) is 51.9 Å².